The molecule has 0 fully saturated rings. The monoisotopic (exact) mass is 389 g/mol. The number of rotatable bonds is 4. The van der Waals surface area contributed by atoms with Gasteiger partial charge in [-0.3, -0.25) is 0 Å². The van der Waals surface area contributed by atoms with E-state index in [-0.39, 0.29) is 5.82 Å². The molecule has 1 heterocycles. The number of halogens is 1. The number of nitrogens with zero attached hydrogens (tertiary/aromatic N) is 1. The molecule has 144 valence electrons. The smallest absolute Gasteiger partial charge is 0.123 e. The minimum Gasteiger partial charge on any atom is -0.309 e. The number of hydrogen-bond acceptors (Lipinski definition) is 0. The quantitative estimate of drug-likeness (QED) is 0.298. The van der Waals surface area contributed by atoms with E-state index in [0.29, 0.717) is 0 Å². The summed E-state index contributed by atoms with van der Waals surface area (Å²) in [4.78, 5) is 0. The number of aromatic nitrogens is 1. The first kappa shape index (κ1) is 18.1. The van der Waals surface area contributed by atoms with Crippen LogP contribution in [0.15, 0.2) is 121 Å². The molecule has 0 aliphatic rings. The molecule has 0 saturated carbocycles. The fourth-order valence-electron chi connectivity index (χ4n) is 3.91. The Morgan fingerprint density at radius 3 is 1.57 bits per heavy atom. The van der Waals surface area contributed by atoms with Gasteiger partial charge in [-0.2, -0.15) is 0 Å². The molecule has 0 N–H and O–H groups in total. The molecule has 1 aromatic heterocycles. The normalized spacial score (nSPS) is 10.8. The van der Waals surface area contributed by atoms with Gasteiger partial charge in [-0.15, -0.1) is 0 Å². The third kappa shape index (κ3) is 3.33. The van der Waals surface area contributed by atoms with Crippen LogP contribution in [-0.2, 0) is 0 Å². The lowest BCUT2D eigenvalue weighted by Gasteiger charge is -2.15. The summed E-state index contributed by atoms with van der Waals surface area (Å²) in [6.45, 7) is 0. The van der Waals surface area contributed by atoms with E-state index in [1.807, 2.05) is 54.6 Å². The van der Waals surface area contributed by atoms with Crippen LogP contribution in [0.4, 0.5) is 4.39 Å². The molecule has 0 bridgehead atoms. The maximum absolute atomic E-state index is 13.7. The van der Waals surface area contributed by atoms with Crippen LogP contribution in [0, 0.1) is 5.82 Å². The summed E-state index contributed by atoms with van der Waals surface area (Å²) >= 11 is 0. The van der Waals surface area contributed by atoms with Gasteiger partial charge in [-0.25, -0.2) is 4.39 Å². The lowest BCUT2D eigenvalue weighted by atomic mass is 10.0. The Balaban J connectivity index is 1.88. The molecule has 0 radical (unpaired) electrons. The van der Waals surface area contributed by atoms with Crippen LogP contribution in [0.3, 0.4) is 0 Å². The predicted molar refractivity (Wildman–Crippen MR) is 122 cm³/mol. The fraction of sp³-hybridized carbons (Fsp3) is 0. The molecule has 0 aliphatic carbocycles. The van der Waals surface area contributed by atoms with Crippen LogP contribution in [-0.4, -0.2) is 4.57 Å². The topological polar surface area (TPSA) is 4.93 Å². The van der Waals surface area contributed by atoms with Gasteiger partial charge >= 0.3 is 0 Å². The van der Waals surface area contributed by atoms with E-state index in [9.17, 15) is 4.39 Å². The highest BCUT2D eigenvalue weighted by Gasteiger charge is 2.20. The summed E-state index contributed by atoms with van der Waals surface area (Å²) in [5, 5.41) is 0. The lowest BCUT2D eigenvalue weighted by molar-refractivity contribution is 0.627. The van der Waals surface area contributed by atoms with Crippen LogP contribution in [0.5, 0.6) is 0 Å². The Morgan fingerprint density at radius 1 is 0.500 bits per heavy atom. The van der Waals surface area contributed by atoms with Crippen molar-refractivity contribution >= 4 is 0 Å². The van der Waals surface area contributed by atoms with Crippen molar-refractivity contribution in [2.75, 3.05) is 0 Å². The summed E-state index contributed by atoms with van der Waals surface area (Å²) in [6.07, 6.45) is 0. The van der Waals surface area contributed by atoms with Crippen molar-refractivity contribution in [3.05, 3.63) is 127 Å². The van der Waals surface area contributed by atoms with Crippen molar-refractivity contribution in [3.8, 4) is 39.3 Å². The Bertz CT molecular complexity index is 1260. The largest absolute Gasteiger partial charge is 0.309 e. The van der Waals surface area contributed by atoms with Gasteiger partial charge < -0.3 is 4.57 Å². The maximum Gasteiger partial charge on any atom is 0.123 e. The van der Waals surface area contributed by atoms with Gasteiger partial charge in [-0.05, 0) is 47.0 Å². The van der Waals surface area contributed by atoms with Crippen molar-refractivity contribution in [1.29, 1.82) is 0 Å². The third-order valence-electron chi connectivity index (χ3n) is 5.29. The number of hydrogen-bond donors (Lipinski definition) is 0. The minimum absolute atomic E-state index is 0.239. The van der Waals surface area contributed by atoms with E-state index >= 15 is 0 Å². The summed E-state index contributed by atoms with van der Waals surface area (Å²) < 4.78 is 15.9. The molecule has 0 aliphatic heterocycles. The molecule has 30 heavy (non-hydrogen) atoms. The second kappa shape index (κ2) is 7.84. The first-order valence-electron chi connectivity index (χ1n) is 9.99. The Hall–Kier alpha value is -3.91. The molecule has 0 spiro atoms. The highest BCUT2D eigenvalue weighted by Crippen LogP contribution is 2.41. The van der Waals surface area contributed by atoms with Gasteiger partial charge in [0.15, 0.2) is 0 Å². The highest BCUT2D eigenvalue weighted by atomic mass is 19.1. The molecular formula is C28H20FN. The van der Waals surface area contributed by atoms with Crippen LogP contribution >= 0.6 is 0 Å². The van der Waals surface area contributed by atoms with Crippen molar-refractivity contribution in [2.45, 2.75) is 0 Å². The van der Waals surface area contributed by atoms with Crippen molar-refractivity contribution in [1.82, 2.24) is 4.57 Å². The van der Waals surface area contributed by atoms with Crippen molar-refractivity contribution < 1.29 is 4.39 Å². The van der Waals surface area contributed by atoms with Crippen molar-refractivity contribution in [2.24, 2.45) is 0 Å². The average molecular weight is 389 g/mol. The zero-order valence-corrected chi connectivity index (χ0v) is 16.4. The Labute approximate surface area is 175 Å². The average Bonchev–Trinajstić information content (AvgIpc) is 3.22. The van der Waals surface area contributed by atoms with Crippen LogP contribution in [0.25, 0.3) is 39.3 Å². The predicted octanol–water partition coefficient (Wildman–Crippen LogP) is 7.62. The van der Waals surface area contributed by atoms with Crippen LogP contribution in [0.1, 0.15) is 0 Å². The van der Waals surface area contributed by atoms with Gasteiger partial charge in [0.1, 0.15) is 5.82 Å². The Morgan fingerprint density at radius 2 is 1.00 bits per heavy atom. The van der Waals surface area contributed by atoms with E-state index in [1.54, 1.807) is 0 Å². The second-order valence-electron chi connectivity index (χ2n) is 7.20. The SMILES string of the molecule is Fc1ccc(-n2c(-c3ccccc3)cc(-c3ccccc3)c2-c2ccccc2)cc1. The molecule has 1 nitrogen and oxygen atoms in total. The molecule has 0 atom stereocenters. The van der Waals surface area contributed by atoms with Crippen LogP contribution < -0.4 is 0 Å². The molecule has 5 rings (SSSR count). The summed E-state index contributed by atoms with van der Waals surface area (Å²) in [5.41, 5.74) is 7.60. The lowest BCUT2D eigenvalue weighted by Crippen LogP contribution is -2.00. The molecule has 0 saturated heterocycles. The molecule has 0 unspecified atom stereocenters. The molecule has 2 heteroatoms. The summed E-state index contributed by atoms with van der Waals surface area (Å²) in [5.74, 6) is -0.239. The van der Waals surface area contributed by atoms with E-state index < -0.39 is 0 Å². The van der Waals surface area contributed by atoms with E-state index in [4.69, 9.17) is 0 Å². The summed E-state index contributed by atoms with van der Waals surface area (Å²) in [7, 11) is 0. The third-order valence-corrected chi connectivity index (χ3v) is 5.29. The van der Waals surface area contributed by atoms with E-state index in [2.05, 4.69) is 59.2 Å². The first-order chi connectivity index (χ1) is 14.8. The molecule has 4 aromatic carbocycles. The molecular weight excluding hydrogens is 369 g/mol. The van der Waals surface area contributed by atoms with Crippen molar-refractivity contribution in [3.63, 3.8) is 0 Å². The van der Waals surface area contributed by atoms with E-state index in [1.165, 1.54) is 12.1 Å². The standard InChI is InChI=1S/C28H20FN/c29-24-16-18-25(19-17-24)30-27(22-12-6-2-7-13-22)20-26(21-10-4-1-5-11-21)28(30)23-14-8-3-9-15-23/h1-20H. The highest BCUT2D eigenvalue weighted by molar-refractivity contribution is 5.88. The van der Waals surface area contributed by atoms with Gasteiger partial charge in [0.25, 0.3) is 0 Å². The second-order valence-corrected chi connectivity index (χ2v) is 7.20. The van der Waals surface area contributed by atoms with Gasteiger partial charge in [0, 0.05) is 11.3 Å². The number of benzene rings is 4. The van der Waals surface area contributed by atoms with Gasteiger partial charge in [-0.1, -0.05) is 91.0 Å². The maximum atomic E-state index is 13.7. The van der Waals surface area contributed by atoms with Crippen LogP contribution in [0.2, 0.25) is 0 Å². The zero-order chi connectivity index (χ0) is 20.3. The first-order valence-corrected chi connectivity index (χ1v) is 9.99. The summed E-state index contributed by atoms with van der Waals surface area (Å²) in [6, 6.07) is 40.0. The molecule has 0 amide bonds. The van der Waals surface area contributed by atoms with E-state index in [0.717, 1.165) is 39.3 Å². The minimum atomic E-state index is -0.239. The van der Waals surface area contributed by atoms with Gasteiger partial charge in [0.05, 0.1) is 11.4 Å². The Kier molecular flexibility index (Phi) is 4.74. The zero-order valence-electron chi connectivity index (χ0n) is 16.4. The van der Waals surface area contributed by atoms with Gasteiger partial charge in [0.2, 0.25) is 0 Å². The fourth-order valence-corrected chi connectivity index (χ4v) is 3.91. The molecule has 5 aromatic rings.